The molecule has 0 unspecified atom stereocenters. The van der Waals surface area contributed by atoms with Crippen molar-refractivity contribution in [2.45, 2.75) is 12.6 Å². The molecular formula is C19H21F3N4O4. The summed E-state index contributed by atoms with van der Waals surface area (Å²) in [6.07, 6.45) is -2.45. The Balaban J connectivity index is 0.000000396. The van der Waals surface area contributed by atoms with Crippen molar-refractivity contribution in [1.82, 2.24) is 4.98 Å². The average molecular weight is 426 g/mol. The number of fused-ring (bicyclic) bond motifs is 1. The fraction of sp³-hybridized carbons (Fsp3) is 0.421. The van der Waals surface area contributed by atoms with Crippen LogP contribution in [0.25, 0.3) is 10.9 Å². The molecule has 1 aromatic heterocycles. The molecule has 0 amide bonds. The van der Waals surface area contributed by atoms with E-state index in [9.17, 15) is 18.4 Å². The first kappa shape index (κ1) is 23.0. The second kappa shape index (κ2) is 9.49. The van der Waals surface area contributed by atoms with E-state index in [2.05, 4.69) is 16.0 Å². The molecule has 2 aromatic rings. The second-order valence-electron chi connectivity index (χ2n) is 6.51. The van der Waals surface area contributed by atoms with Gasteiger partial charge < -0.3 is 25.2 Å². The van der Waals surface area contributed by atoms with Crippen LogP contribution in [-0.4, -0.2) is 56.1 Å². The maximum Gasteiger partial charge on any atom is 0.490 e. The zero-order valence-electron chi connectivity index (χ0n) is 16.4. The molecule has 1 saturated heterocycles. The van der Waals surface area contributed by atoms with Gasteiger partial charge in [-0.3, -0.25) is 4.98 Å². The molecule has 0 saturated carbocycles. The normalized spacial score (nSPS) is 13.7. The summed E-state index contributed by atoms with van der Waals surface area (Å²) in [5, 5.41) is 17.5. The van der Waals surface area contributed by atoms with Crippen molar-refractivity contribution in [2.75, 3.05) is 38.8 Å². The number of anilines is 1. The van der Waals surface area contributed by atoms with Crippen LogP contribution in [0, 0.1) is 17.2 Å². The summed E-state index contributed by atoms with van der Waals surface area (Å²) in [6, 6.07) is 5.99. The predicted octanol–water partition coefficient (Wildman–Crippen LogP) is 2.54. The van der Waals surface area contributed by atoms with Gasteiger partial charge in [0.05, 0.1) is 31.0 Å². The number of benzene rings is 1. The minimum absolute atomic E-state index is 0.580. The van der Waals surface area contributed by atoms with Crippen LogP contribution in [-0.2, 0) is 4.79 Å². The van der Waals surface area contributed by atoms with E-state index in [1.54, 1.807) is 20.4 Å². The number of ether oxygens (including phenoxy) is 2. The Kier molecular flexibility index (Phi) is 7.28. The lowest BCUT2D eigenvalue weighted by Gasteiger charge is -2.42. The SMILES string of the molecule is COc1cc2ncc(C#N)c(N3CC(CCN)C3)c2cc1OC.O=C(O)C(F)(F)F. The summed E-state index contributed by atoms with van der Waals surface area (Å²) < 4.78 is 42.5. The van der Waals surface area contributed by atoms with Gasteiger partial charge in [-0.2, -0.15) is 18.4 Å². The van der Waals surface area contributed by atoms with Crippen LogP contribution in [0.5, 0.6) is 11.5 Å². The highest BCUT2D eigenvalue weighted by molar-refractivity contribution is 5.96. The standard InChI is InChI=1S/C17H20N4O2.C2HF3O2/c1-22-15-5-13-14(6-16(15)23-2)20-8-12(7-19)17(13)21-9-11(10-21)3-4-18;3-2(4,5)1(6)7/h5-6,8,11H,3-4,9-10,18H2,1-2H3;(H,6,7). The monoisotopic (exact) mass is 426 g/mol. The number of hydrogen-bond acceptors (Lipinski definition) is 7. The number of hydrogen-bond donors (Lipinski definition) is 2. The third kappa shape index (κ3) is 5.01. The van der Waals surface area contributed by atoms with Crippen LogP contribution in [0.15, 0.2) is 18.3 Å². The van der Waals surface area contributed by atoms with Crippen molar-refractivity contribution < 1.29 is 32.5 Å². The van der Waals surface area contributed by atoms with Crippen molar-refractivity contribution in [3.63, 3.8) is 0 Å². The Morgan fingerprint density at radius 3 is 2.37 bits per heavy atom. The summed E-state index contributed by atoms with van der Waals surface area (Å²) in [5.41, 5.74) is 7.92. The molecule has 3 N–H and O–H groups in total. The number of methoxy groups -OCH3 is 2. The van der Waals surface area contributed by atoms with E-state index in [0.29, 0.717) is 29.5 Å². The number of carboxylic acids is 1. The molecular weight excluding hydrogens is 405 g/mol. The smallest absolute Gasteiger partial charge is 0.490 e. The van der Waals surface area contributed by atoms with Gasteiger partial charge in [0, 0.05) is 30.7 Å². The van der Waals surface area contributed by atoms with Crippen LogP contribution in [0.4, 0.5) is 18.9 Å². The summed E-state index contributed by atoms with van der Waals surface area (Å²) in [4.78, 5) is 15.5. The lowest BCUT2D eigenvalue weighted by molar-refractivity contribution is -0.192. The van der Waals surface area contributed by atoms with E-state index >= 15 is 0 Å². The second-order valence-corrected chi connectivity index (χ2v) is 6.51. The number of aliphatic carboxylic acids is 1. The van der Waals surface area contributed by atoms with E-state index < -0.39 is 12.1 Å². The molecule has 0 radical (unpaired) electrons. The zero-order chi connectivity index (χ0) is 22.5. The first-order chi connectivity index (χ1) is 14.2. The van der Waals surface area contributed by atoms with Crippen molar-refractivity contribution in [2.24, 2.45) is 11.7 Å². The molecule has 0 atom stereocenters. The molecule has 1 aliphatic rings. The highest BCUT2D eigenvalue weighted by Gasteiger charge is 2.38. The maximum absolute atomic E-state index is 10.6. The third-order valence-corrected chi connectivity index (χ3v) is 4.56. The molecule has 0 spiro atoms. The number of nitriles is 1. The number of pyridine rings is 1. The van der Waals surface area contributed by atoms with Crippen LogP contribution in [0.1, 0.15) is 12.0 Å². The number of carboxylic acid groups (broad SMARTS) is 1. The quantitative estimate of drug-likeness (QED) is 0.748. The van der Waals surface area contributed by atoms with Crippen molar-refractivity contribution in [1.29, 1.82) is 5.26 Å². The van der Waals surface area contributed by atoms with Gasteiger partial charge >= 0.3 is 12.1 Å². The largest absolute Gasteiger partial charge is 0.493 e. The summed E-state index contributed by atoms with van der Waals surface area (Å²) in [5.74, 6) is -0.896. The van der Waals surface area contributed by atoms with Crippen LogP contribution >= 0.6 is 0 Å². The highest BCUT2D eigenvalue weighted by atomic mass is 19.4. The number of carbonyl (C=O) groups is 1. The lowest BCUT2D eigenvalue weighted by Crippen LogP contribution is -2.47. The summed E-state index contributed by atoms with van der Waals surface area (Å²) in [7, 11) is 3.20. The van der Waals surface area contributed by atoms with E-state index in [-0.39, 0.29) is 0 Å². The number of nitrogens with zero attached hydrogens (tertiary/aromatic N) is 3. The van der Waals surface area contributed by atoms with Gasteiger partial charge in [0.25, 0.3) is 0 Å². The molecule has 8 nitrogen and oxygen atoms in total. The molecule has 2 heterocycles. The average Bonchev–Trinajstić information content (AvgIpc) is 2.68. The summed E-state index contributed by atoms with van der Waals surface area (Å²) in [6.45, 7) is 2.53. The van der Waals surface area contributed by atoms with E-state index in [0.717, 1.165) is 36.1 Å². The molecule has 3 rings (SSSR count). The molecule has 1 aliphatic heterocycles. The fourth-order valence-corrected chi connectivity index (χ4v) is 3.10. The van der Waals surface area contributed by atoms with E-state index in [1.807, 2.05) is 12.1 Å². The number of nitrogens with two attached hydrogens (primary N) is 1. The van der Waals surface area contributed by atoms with Crippen LogP contribution < -0.4 is 20.1 Å². The molecule has 0 bridgehead atoms. The maximum atomic E-state index is 10.6. The minimum atomic E-state index is -5.08. The van der Waals surface area contributed by atoms with Gasteiger partial charge in [-0.25, -0.2) is 4.79 Å². The Labute approximate surface area is 170 Å². The summed E-state index contributed by atoms with van der Waals surface area (Å²) >= 11 is 0. The number of alkyl halides is 3. The zero-order valence-corrected chi connectivity index (χ0v) is 16.4. The Morgan fingerprint density at radius 2 is 1.90 bits per heavy atom. The molecule has 1 fully saturated rings. The van der Waals surface area contributed by atoms with Gasteiger partial charge in [0.1, 0.15) is 6.07 Å². The predicted molar refractivity (Wildman–Crippen MR) is 103 cm³/mol. The topological polar surface area (TPSA) is 122 Å². The van der Waals surface area contributed by atoms with Gasteiger partial charge in [-0.15, -0.1) is 0 Å². The lowest BCUT2D eigenvalue weighted by atomic mass is 9.94. The van der Waals surface area contributed by atoms with E-state index in [4.69, 9.17) is 25.1 Å². The Morgan fingerprint density at radius 1 is 1.33 bits per heavy atom. The minimum Gasteiger partial charge on any atom is -0.493 e. The molecule has 11 heteroatoms. The highest BCUT2D eigenvalue weighted by Crippen LogP contribution is 2.39. The van der Waals surface area contributed by atoms with Crippen molar-refractivity contribution >= 4 is 22.6 Å². The first-order valence-corrected chi connectivity index (χ1v) is 8.86. The Hall–Kier alpha value is -3.26. The molecule has 0 aliphatic carbocycles. The molecule has 1 aromatic carbocycles. The first-order valence-electron chi connectivity index (χ1n) is 8.86. The van der Waals surface area contributed by atoms with Gasteiger partial charge in [-0.1, -0.05) is 0 Å². The molecule has 162 valence electrons. The fourth-order valence-electron chi connectivity index (χ4n) is 3.10. The van der Waals surface area contributed by atoms with Gasteiger partial charge in [-0.05, 0) is 24.9 Å². The van der Waals surface area contributed by atoms with Crippen LogP contribution in [0.3, 0.4) is 0 Å². The molecule has 30 heavy (non-hydrogen) atoms. The number of rotatable bonds is 5. The van der Waals surface area contributed by atoms with Gasteiger partial charge in [0.2, 0.25) is 0 Å². The van der Waals surface area contributed by atoms with Crippen molar-refractivity contribution in [3.05, 3.63) is 23.9 Å². The van der Waals surface area contributed by atoms with E-state index in [1.165, 1.54) is 0 Å². The Bertz CT molecular complexity index is 953. The number of aromatic nitrogens is 1. The number of halogens is 3. The van der Waals surface area contributed by atoms with Crippen molar-refractivity contribution in [3.8, 4) is 17.6 Å². The third-order valence-electron chi connectivity index (χ3n) is 4.56. The van der Waals surface area contributed by atoms with Gasteiger partial charge in [0.15, 0.2) is 11.5 Å². The van der Waals surface area contributed by atoms with Crippen LogP contribution in [0.2, 0.25) is 0 Å².